The van der Waals surface area contributed by atoms with Crippen LogP contribution in [0.3, 0.4) is 0 Å². The van der Waals surface area contributed by atoms with Gasteiger partial charge in [-0.15, -0.1) is 0 Å². The van der Waals surface area contributed by atoms with Crippen LogP contribution >= 0.6 is 0 Å². The highest BCUT2D eigenvalue weighted by Crippen LogP contribution is 2.49. The van der Waals surface area contributed by atoms with Crippen LogP contribution < -0.4 is 5.32 Å². The molecule has 2 rings (SSSR count). The summed E-state index contributed by atoms with van der Waals surface area (Å²) in [5.41, 5.74) is 1.39. The molecule has 0 radical (unpaired) electrons. The summed E-state index contributed by atoms with van der Waals surface area (Å²) in [6, 6.07) is 2.29. The minimum absolute atomic E-state index is 0.260. The third kappa shape index (κ3) is 2.61. The molecule has 1 heterocycles. The molecule has 0 atom stereocenters. The van der Waals surface area contributed by atoms with Crippen molar-refractivity contribution < 1.29 is 0 Å². The average molecular weight is 218 g/mol. The van der Waals surface area contributed by atoms with Crippen molar-refractivity contribution >= 4 is 0 Å². The molecule has 86 valence electrons. The minimum Gasteiger partial charge on any atom is -0.337 e. The standard InChI is InChI=1S/C12H18N4/c1-14-7-2-11-8-16(10-15-11)9-12(3-4-12)5-6-13/h8,10,14H,2-5,7,9H2,1H3. The first-order valence-electron chi connectivity index (χ1n) is 5.80. The van der Waals surface area contributed by atoms with Gasteiger partial charge in [-0.3, -0.25) is 0 Å². The molecule has 1 aliphatic rings. The number of aromatic nitrogens is 2. The smallest absolute Gasteiger partial charge is 0.0949 e. The van der Waals surface area contributed by atoms with Gasteiger partial charge in [-0.25, -0.2) is 4.98 Å². The Bertz CT molecular complexity index is 384. The van der Waals surface area contributed by atoms with Crippen molar-refractivity contribution in [1.82, 2.24) is 14.9 Å². The normalized spacial score (nSPS) is 17.0. The molecule has 1 fully saturated rings. The zero-order chi connectivity index (χ0) is 11.4. The number of nitrogens with one attached hydrogen (secondary N) is 1. The predicted molar refractivity (Wildman–Crippen MR) is 61.8 cm³/mol. The summed E-state index contributed by atoms with van der Waals surface area (Å²) in [5.74, 6) is 0. The third-order valence-corrected chi connectivity index (χ3v) is 3.25. The van der Waals surface area contributed by atoms with E-state index in [1.807, 2.05) is 13.4 Å². The molecule has 16 heavy (non-hydrogen) atoms. The van der Waals surface area contributed by atoms with Crippen LogP contribution in [-0.4, -0.2) is 23.1 Å². The molecule has 1 N–H and O–H groups in total. The number of nitriles is 1. The van der Waals surface area contributed by atoms with Crippen LogP contribution in [0.25, 0.3) is 0 Å². The molecule has 0 saturated heterocycles. The quantitative estimate of drug-likeness (QED) is 0.784. The maximum atomic E-state index is 8.76. The Morgan fingerprint density at radius 2 is 2.44 bits per heavy atom. The van der Waals surface area contributed by atoms with Crippen LogP contribution in [0.2, 0.25) is 0 Å². The van der Waals surface area contributed by atoms with Crippen molar-refractivity contribution in [3.8, 4) is 6.07 Å². The lowest BCUT2D eigenvalue weighted by molar-refractivity contribution is 0.431. The van der Waals surface area contributed by atoms with E-state index in [0.29, 0.717) is 6.42 Å². The second kappa shape index (κ2) is 4.67. The van der Waals surface area contributed by atoms with E-state index >= 15 is 0 Å². The summed E-state index contributed by atoms with van der Waals surface area (Å²) in [5, 5.41) is 11.9. The molecule has 0 unspecified atom stereocenters. The first-order valence-corrected chi connectivity index (χ1v) is 5.80. The molecule has 0 aliphatic heterocycles. The van der Waals surface area contributed by atoms with Gasteiger partial charge in [0.05, 0.1) is 18.1 Å². The number of nitrogens with zero attached hydrogens (tertiary/aromatic N) is 3. The fourth-order valence-electron chi connectivity index (χ4n) is 2.00. The van der Waals surface area contributed by atoms with Crippen molar-refractivity contribution in [2.24, 2.45) is 5.41 Å². The molecule has 0 aromatic carbocycles. The highest BCUT2D eigenvalue weighted by molar-refractivity contribution is 5.03. The fraction of sp³-hybridized carbons (Fsp3) is 0.667. The first kappa shape index (κ1) is 11.2. The van der Waals surface area contributed by atoms with Gasteiger partial charge in [-0.1, -0.05) is 0 Å². The van der Waals surface area contributed by atoms with Gasteiger partial charge in [0, 0.05) is 37.5 Å². The molecular weight excluding hydrogens is 200 g/mol. The highest BCUT2D eigenvalue weighted by Gasteiger charge is 2.42. The van der Waals surface area contributed by atoms with Gasteiger partial charge < -0.3 is 9.88 Å². The fourth-order valence-corrected chi connectivity index (χ4v) is 2.00. The molecule has 1 aromatic rings. The summed E-state index contributed by atoms with van der Waals surface area (Å²) in [4.78, 5) is 4.37. The molecule has 1 aromatic heterocycles. The largest absolute Gasteiger partial charge is 0.337 e. The zero-order valence-corrected chi connectivity index (χ0v) is 9.74. The van der Waals surface area contributed by atoms with E-state index in [9.17, 15) is 0 Å². The number of hydrogen-bond acceptors (Lipinski definition) is 3. The van der Waals surface area contributed by atoms with Crippen molar-refractivity contribution in [3.63, 3.8) is 0 Å². The monoisotopic (exact) mass is 218 g/mol. The SMILES string of the molecule is CNCCc1cn(CC2(CC#N)CC2)cn1. The Labute approximate surface area is 96.3 Å². The van der Waals surface area contributed by atoms with E-state index in [1.54, 1.807) is 0 Å². The van der Waals surface area contributed by atoms with E-state index < -0.39 is 0 Å². The van der Waals surface area contributed by atoms with Gasteiger partial charge in [-0.2, -0.15) is 5.26 Å². The molecule has 4 nitrogen and oxygen atoms in total. The Morgan fingerprint density at radius 1 is 1.62 bits per heavy atom. The van der Waals surface area contributed by atoms with Crippen molar-refractivity contribution in [1.29, 1.82) is 5.26 Å². The topological polar surface area (TPSA) is 53.6 Å². The third-order valence-electron chi connectivity index (χ3n) is 3.25. The van der Waals surface area contributed by atoms with Gasteiger partial charge in [0.2, 0.25) is 0 Å². The van der Waals surface area contributed by atoms with Crippen LogP contribution in [0, 0.1) is 16.7 Å². The van der Waals surface area contributed by atoms with Crippen LogP contribution in [-0.2, 0) is 13.0 Å². The van der Waals surface area contributed by atoms with E-state index in [0.717, 1.165) is 25.2 Å². The second-order valence-electron chi connectivity index (χ2n) is 4.73. The molecule has 0 spiro atoms. The van der Waals surface area contributed by atoms with Gasteiger partial charge in [0.1, 0.15) is 0 Å². The Kier molecular flexibility index (Phi) is 3.25. The van der Waals surface area contributed by atoms with E-state index in [4.69, 9.17) is 5.26 Å². The van der Waals surface area contributed by atoms with Crippen LogP contribution in [0.5, 0.6) is 0 Å². The van der Waals surface area contributed by atoms with E-state index in [1.165, 1.54) is 12.8 Å². The van der Waals surface area contributed by atoms with Crippen LogP contribution in [0.1, 0.15) is 25.0 Å². The summed E-state index contributed by atoms with van der Waals surface area (Å²) >= 11 is 0. The molecule has 1 aliphatic carbocycles. The highest BCUT2D eigenvalue weighted by atomic mass is 15.0. The summed E-state index contributed by atoms with van der Waals surface area (Å²) in [7, 11) is 1.95. The molecule has 0 bridgehead atoms. The second-order valence-corrected chi connectivity index (χ2v) is 4.73. The Balaban J connectivity index is 1.90. The summed E-state index contributed by atoms with van der Waals surface area (Å²) in [6.45, 7) is 1.91. The van der Waals surface area contributed by atoms with Gasteiger partial charge >= 0.3 is 0 Å². The number of rotatable bonds is 6. The maximum absolute atomic E-state index is 8.76. The average Bonchev–Trinajstić information content (AvgIpc) is 2.88. The Morgan fingerprint density at radius 3 is 3.06 bits per heavy atom. The van der Waals surface area contributed by atoms with E-state index in [-0.39, 0.29) is 5.41 Å². The van der Waals surface area contributed by atoms with Gasteiger partial charge in [0.15, 0.2) is 0 Å². The lowest BCUT2D eigenvalue weighted by Crippen LogP contribution is -2.11. The predicted octanol–water partition coefficient (Wildman–Crippen LogP) is 1.34. The Hall–Kier alpha value is -1.34. The lowest BCUT2D eigenvalue weighted by atomic mass is 10.0. The number of hydrogen-bond donors (Lipinski definition) is 1. The minimum atomic E-state index is 0.260. The maximum Gasteiger partial charge on any atom is 0.0949 e. The summed E-state index contributed by atoms with van der Waals surface area (Å²) < 4.78 is 2.13. The lowest BCUT2D eigenvalue weighted by Gasteiger charge is -2.10. The molecule has 0 amide bonds. The van der Waals surface area contributed by atoms with Crippen molar-refractivity contribution in [2.75, 3.05) is 13.6 Å². The molecule has 4 heteroatoms. The summed E-state index contributed by atoms with van der Waals surface area (Å²) in [6.07, 6.45) is 8.01. The number of likely N-dealkylation sites (N-methyl/N-ethyl adjacent to an activating group) is 1. The zero-order valence-electron chi connectivity index (χ0n) is 9.74. The number of imidazole rings is 1. The van der Waals surface area contributed by atoms with Gasteiger partial charge in [0.25, 0.3) is 0 Å². The van der Waals surface area contributed by atoms with E-state index in [2.05, 4.69) is 27.1 Å². The molecule has 1 saturated carbocycles. The van der Waals surface area contributed by atoms with Crippen molar-refractivity contribution in [2.45, 2.75) is 32.2 Å². The van der Waals surface area contributed by atoms with Gasteiger partial charge in [-0.05, 0) is 19.9 Å². The van der Waals surface area contributed by atoms with Crippen LogP contribution in [0.4, 0.5) is 0 Å². The first-order chi connectivity index (χ1) is 7.78. The van der Waals surface area contributed by atoms with Crippen molar-refractivity contribution in [3.05, 3.63) is 18.2 Å². The van der Waals surface area contributed by atoms with Crippen LogP contribution in [0.15, 0.2) is 12.5 Å². The molecular formula is C12H18N4.